The van der Waals surface area contributed by atoms with E-state index in [9.17, 15) is 4.79 Å². The van der Waals surface area contributed by atoms with Gasteiger partial charge in [-0.15, -0.1) is 0 Å². The van der Waals surface area contributed by atoms with Crippen LogP contribution in [0.1, 0.15) is 18.1 Å². The molecule has 0 aliphatic heterocycles. The van der Waals surface area contributed by atoms with Crippen LogP contribution in [0.4, 0.5) is 5.88 Å². The highest BCUT2D eigenvalue weighted by atomic mass is 32.1. The first kappa shape index (κ1) is 19.8. The first-order valence-electron chi connectivity index (χ1n) is 9.61. The van der Waals surface area contributed by atoms with Crippen LogP contribution in [0.5, 0.6) is 0 Å². The van der Waals surface area contributed by atoms with E-state index in [1.54, 1.807) is 10.6 Å². The number of nitrogens with one attached hydrogen (secondary N) is 2. The minimum absolute atomic E-state index is 0.000225. The number of hydrogen-bond acceptors (Lipinski definition) is 5. The predicted octanol–water partition coefficient (Wildman–Crippen LogP) is 4.77. The molecule has 2 aromatic heterocycles. The van der Waals surface area contributed by atoms with Gasteiger partial charge in [-0.3, -0.25) is 19.8 Å². The molecule has 0 aliphatic rings. The monoisotopic (exact) mass is 419 g/mol. The first-order valence-corrected chi connectivity index (χ1v) is 10.0. The summed E-state index contributed by atoms with van der Waals surface area (Å²) in [4.78, 5) is 12.6. The lowest BCUT2D eigenvalue weighted by Gasteiger charge is -2.06. The van der Waals surface area contributed by atoms with E-state index in [1.807, 2.05) is 43.3 Å². The summed E-state index contributed by atoms with van der Waals surface area (Å²) in [6, 6.07) is 17.6. The smallest absolute Gasteiger partial charge is 0.246 e. The Hall–Kier alpha value is -3.52. The molecule has 0 radical (unpaired) electrons. The van der Waals surface area contributed by atoms with Gasteiger partial charge in [0, 0.05) is 17.2 Å². The van der Waals surface area contributed by atoms with Crippen molar-refractivity contribution in [3.8, 4) is 22.6 Å². The number of hydrogen-bond donors (Lipinski definition) is 2. The van der Waals surface area contributed by atoms with Crippen LogP contribution in [-0.4, -0.2) is 25.8 Å². The van der Waals surface area contributed by atoms with Crippen LogP contribution in [0.25, 0.3) is 22.6 Å². The van der Waals surface area contributed by atoms with Crippen LogP contribution >= 0.6 is 12.2 Å². The first-order chi connectivity index (χ1) is 14.5. The lowest BCUT2D eigenvalue weighted by molar-refractivity contribution is -0.116. The third-order valence-electron chi connectivity index (χ3n) is 4.80. The van der Waals surface area contributed by atoms with Crippen molar-refractivity contribution >= 4 is 24.0 Å². The molecule has 0 saturated carbocycles. The average molecular weight is 420 g/mol. The molecule has 2 aromatic carbocycles. The number of anilines is 1. The number of amides is 1. The lowest BCUT2D eigenvalue weighted by atomic mass is 10.1. The third-order valence-corrected chi connectivity index (χ3v) is 5.11. The molecule has 2 heterocycles. The van der Waals surface area contributed by atoms with Gasteiger partial charge in [-0.1, -0.05) is 66.2 Å². The van der Waals surface area contributed by atoms with E-state index in [2.05, 4.69) is 39.7 Å². The predicted molar refractivity (Wildman–Crippen MR) is 118 cm³/mol. The molecule has 30 heavy (non-hydrogen) atoms. The summed E-state index contributed by atoms with van der Waals surface area (Å²) in [5, 5.41) is 13.8. The van der Waals surface area contributed by atoms with E-state index in [4.69, 9.17) is 16.7 Å². The number of aromatic nitrogens is 4. The van der Waals surface area contributed by atoms with E-state index in [-0.39, 0.29) is 18.3 Å². The Kier molecular flexibility index (Phi) is 5.58. The zero-order valence-electron chi connectivity index (χ0n) is 16.7. The normalized spacial score (nSPS) is 10.9. The third kappa shape index (κ3) is 4.23. The van der Waals surface area contributed by atoms with Crippen molar-refractivity contribution in [2.45, 2.75) is 26.8 Å². The maximum Gasteiger partial charge on any atom is 0.246 e. The quantitative estimate of drug-likeness (QED) is 0.439. The van der Waals surface area contributed by atoms with Crippen molar-refractivity contribution in [3.63, 3.8) is 0 Å². The minimum Gasteiger partial charge on any atom is -0.338 e. The van der Waals surface area contributed by atoms with Crippen LogP contribution in [0.15, 0.2) is 59.1 Å². The van der Waals surface area contributed by atoms with E-state index in [1.165, 1.54) is 5.56 Å². The van der Waals surface area contributed by atoms with Gasteiger partial charge in [0.15, 0.2) is 10.6 Å². The van der Waals surface area contributed by atoms with E-state index in [0.29, 0.717) is 16.3 Å². The number of carbonyl (C=O) groups is 1. The number of aromatic amines is 1. The van der Waals surface area contributed by atoms with Gasteiger partial charge in [-0.2, -0.15) is 5.10 Å². The van der Waals surface area contributed by atoms with Gasteiger partial charge in [0.05, 0.1) is 0 Å². The molecule has 4 aromatic rings. The van der Waals surface area contributed by atoms with Gasteiger partial charge in [0.2, 0.25) is 11.8 Å². The molecule has 0 fully saturated rings. The zero-order chi connectivity index (χ0) is 21.1. The number of rotatable bonds is 6. The summed E-state index contributed by atoms with van der Waals surface area (Å²) in [6.45, 7) is 4.12. The van der Waals surface area contributed by atoms with Crippen molar-refractivity contribution in [3.05, 3.63) is 70.5 Å². The molecule has 0 aliphatic carbocycles. The van der Waals surface area contributed by atoms with Crippen LogP contribution in [0.2, 0.25) is 0 Å². The number of nitrogens with zero attached hydrogens (tertiary/aromatic N) is 3. The SMILES string of the molecule is CCc1ccc(-c2cc(NC(=O)Cn3c(-c4ccc(C)cc4)n[nH]c3=S)on2)cc1. The summed E-state index contributed by atoms with van der Waals surface area (Å²) in [5.41, 5.74) is 4.85. The zero-order valence-corrected chi connectivity index (χ0v) is 17.5. The number of H-pyrrole nitrogens is 1. The van der Waals surface area contributed by atoms with Gasteiger partial charge in [0.1, 0.15) is 12.2 Å². The highest BCUT2D eigenvalue weighted by Gasteiger charge is 2.14. The van der Waals surface area contributed by atoms with E-state index in [0.717, 1.165) is 23.1 Å². The summed E-state index contributed by atoms with van der Waals surface area (Å²) in [7, 11) is 0. The second-order valence-electron chi connectivity index (χ2n) is 6.98. The summed E-state index contributed by atoms with van der Waals surface area (Å²) in [6.07, 6.45) is 0.974. The van der Waals surface area contributed by atoms with E-state index < -0.39 is 0 Å². The van der Waals surface area contributed by atoms with Gasteiger partial charge in [-0.25, -0.2) is 0 Å². The second kappa shape index (κ2) is 8.46. The molecule has 4 rings (SSSR count). The topological polar surface area (TPSA) is 88.7 Å². The van der Waals surface area contributed by atoms with Crippen molar-refractivity contribution < 1.29 is 9.32 Å². The van der Waals surface area contributed by atoms with Gasteiger partial charge < -0.3 is 4.52 Å². The molecule has 7 nitrogen and oxygen atoms in total. The molecule has 0 spiro atoms. The van der Waals surface area contributed by atoms with Gasteiger partial charge >= 0.3 is 0 Å². The van der Waals surface area contributed by atoms with Crippen molar-refractivity contribution in [2.24, 2.45) is 0 Å². The van der Waals surface area contributed by atoms with Crippen LogP contribution in [0.3, 0.4) is 0 Å². The molecule has 0 unspecified atom stereocenters. The maximum atomic E-state index is 12.6. The van der Waals surface area contributed by atoms with Crippen molar-refractivity contribution in [1.82, 2.24) is 19.9 Å². The standard InChI is InChI=1S/C22H21N5O2S/c1-3-15-6-10-16(11-7-15)18-12-20(29-26-18)23-19(28)13-27-21(24-25-22(27)30)17-8-4-14(2)5-9-17/h4-12H,3,13H2,1-2H3,(H,23,28)(H,25,30). The van der Waals surface area contributed by atoms with Crippen molar-refractivity contribution in [1.29, 1.82) is 0 Å². The Morgan fingerprint density at radius 2 is 1.83 bits per heavy atom. The molecular formula is C22H21N5O2S. The molecule has 0 saturated heterocycles. The second-order valence-corrected chi connectivity index (χ2v) is 7.37. The molecule has 1 amide bonds. The highest BCUT2D eigenvalue weighted by molar-refractivity contribution is 7.71. The van der Waals surface area contributed by atoms with Crippen molar-refractivity contribution in [2.75, 3.05) is 5.32 Å². The number of benzene rings is 2. The van der Waals surface area contributed by atoms with E-state index >= 15 is 0 Å². The Balaban J connectivity index is 1.48. The highest BCUT2D eigenvalue weighted by Crippen LogP contribution is 2.23. The summed E-state index contributed by atoms with van der Waals surface area (Å²) in [5.74, 6) is 0.593. The fourth-order valence-corrected chi connectivity index (χ4v) is 3.29. The maximum absolute atomic E-state index is 12.6. The van der Waals surface area contributed by atoms with Crippen LogP contribution < -0.4 is 5.32 Å². The van der Waals surface area contributed by atoms with Crippen LogP contribution in [-0.2, 0) is 17.8 Å². The molecule has 2 N–H and O–H groups in total. The Morgan fingerprint density at radius 3 is 2.53 bits per heavy atom. The molecule has 8 heteroatoms. The average Bonchev–Trinajstić information content (AvgIpc) is 3.36. The Bertz CT molecular complexity index is 1220. The minimum atomic E-state index is -0.287. The lowest BCUT2D eigenvalue weighted by Crippen LogP contribution is -2.19. The number of carbonyl (C=O) groups excluding carboxylic acids is 1. The Morgan fingerprint density at radius 1 is 1.13 bits per heavy atom. The molecule has 0 bridgehead atoms. The van der Waals surface area contributed by atoms with Crippen LogP contribution in [0, 0.1) is 11.7 Å². The fraction of sp³-hybridized carbons (Fsp3) is 0.182. The molecular weight excluding hydrogens is 398 g/mol. The summed E-state index contributed by atoms with van der Waals surface area (Å²) < 4.78 is 7.30. The summed E-state index contributed by atoms with van der Waals surface area (Å²) >= 11 is 5.30. The van der Waals surface area contributed by atoms with Gasteiger partial charge in [-0.05, 0) is 31.1 Å². The Labute approximate surface area is 178 Å². The number of aryl methyl sites for hydroxylation is 2. The van der Waals surface area contributed by atoms with Gasteiger partial charge in [0.25, 0.3) is 0 Å². The fourth-order valence-electron chi connectivity index (χ4n) is 3.09. The molecule has 0 atom stereocenters. The largest absolute Gasteiger partial charge is 0.338 e. The molecule has 152 valence electrons.